The molecule has 0 aliphatic rings. The van der Waals surface area contributed by atoms with E-state index in [1.54, 1.807) is 12.1 Å². The van der Waals surface area contributed by atoms with Crippen LogP contribution < -0.4 is 33.6 Å². The first-order valence-electron chi connectivity index (χ1n) is 4.72. The average molecular weight is 218 g/mol. The maximum absolute atomic E-state index is 5.56. The zero-order chi connectivity index (χ0) is 11.7. The van der Waals surface area contributed by atoms with Gasteiger partial charge in [-0.05, 0) is 17.5 Å². The van der Waals surface area contributed by atoms with Crippen molar-refractivity contribution in [3.05, 3.63) is 36.4 Å². The molecule has 8 N–H and O–H groups in total. The van der Waals surface area contributed by atoms with Gasteiger partial charge in [0.25, 0.3) is 0 Å². The zero-order valence-electron chi connectivity index (χ0n) is 8.67. The Morgan fingerprint density at radius 1 is 0.688 bits per heavy atom. The minimum atomic E-state index is 0.661. The normalized spacial score (nSPS) is 10.5. The summed E-state index contributed by atoms with van der Waals surface area (Å²) in [5.41, 5.74) is 1.32. The third-order valence-corrected chi connectivity index (χ3v) is 2.42. The van der Waals surface area contributed by atoms with Gasteiger partial charge in [0.1, 0.15) is 0 Å². The smallest absolute Gasteiger partial charge is 0.0797 e. The largest absolute Gasteiger partial charge is 0.246 e. The lowest BCUT2D eigenvalue weighted by atomic mass is 10.1. The van der Waals surface area contributed by atoms with Crippen LogP contribution in [0.2, 0.25) is 0 Å². The van der Waals surface area contributed by atoms with Gasteiger partial charge in [0, 0.05) is 5.39 Å². The molecule has 0 amide bonds. The van der Waals surface area contributed by atoms with Gasteiger partial charge in [-0.2, -0.15) is 0 Å². The van der Waals surface area contributed by atoms with Gasteiger partial charge in [-0.25, -0.2) is 33.6 Å². The van der Waals surface area contributed by atoms with Crippen LogP contribution in [0.1, 0.15) is 0 Å². The van der Waals surface area contributed by atoms with E-state index in [4.69, 9.17) is 23.4 Å². The predicted octanol–water partition coefficient (Wildman–Crippen LogP) is -0.0526. The highest BCUT2D eigenvalue weighted by atomic mass is 15.6. The molecule has 0 saturated heterocycles. The van der Waals surface area contributed by atoms with Crippen molar-refractivity contribution in [1.29, 1.82) is 0 Å². The van der Waals surface area contributed by atoms with E-state index in [9.17, 15) is 0 Å². The Balaban J connectivity index is 2.82. The molecule has 0 saturated carbocycles. The summed E-state index contributed by atoms with van der Waals surface area (Å²) in [6.45, 7) is 0. The Morgan fingerprint density at radius 2 is 1.12 bits per heavy atom. The number of hydrazine groups is 4. The van der Waals surface area contributed by atoms with Crippen molar-refractivity contribution >= 4 is 22.1 Å². The molecule has 0 aromatic heterocycles. The van der Waals surface area contributed by atoms with E-state index >= 15 is 0 Å². The van der Waals surface area contributed by atoms with Crippen molar-refractivity contribution in [3.8, 4) is 0 Å². The molecule has 0 atom stereocenters. The standard InChI is InChI=1S/C10H14N6/c11-15(12)8-5-1-3-7-4-2-6-9(10(7)8)16(13)14/h1-6H,11-14H2. The lowest BCUT2D eigenvalue weighted by Crippen LogP contribution is -2.40. The van der Waals surface area contributed by atoms with Crippen molar-refractivity contribution in [2.24, 2.45) is 23.4 Å². The highest BCUT2D eigenvalue weighted by Crippen LogP contribution is 2.31. The molecule has 2 aromatic rings. The molecule has 0 radical (unpaired) electrons. The Labute approximate surface area is 92.9 Å². The van der Waals surface area contributed by atoms with E-state index in [2.05, 4.69) is 0 Å². The molecule has 84 valence electrons. The first-order chi connectivity index (χ1) is 7.61. The lowest BCUT2D eigenvalue weighted by Gasteiger charge is -2.19. The topological polar surface area (TPSA) is 111 Å². The van der Waals surface area contributed by atoms with Gasteiger partial charge in [-0.1, -0.05) is 24.3 Å². The summed E-state index contributed by atoms with van der Waals surface area (Å²) in [4.78, 5) is 0. The fraction of sp³-hybridized carbons (Fsp3) is 0. The van der Waals surface area contributed by atoms with Crippen LogP contribution in [0, 0.1) is 0 Å². The summed E-state index contributed by atoms with van der Waals surface area (Å²) in [6.07, 6.45) is 0. The fourth-order valence-electron chi connectivity index (χ4n) is 1.73. The van der Waals surface area contributed by atoms with Gasteiger partial charge in [0.05, 0.1) is 11.4 Å². The van der Waals surface area contributed by atoms with Gasteiger partial charge >= 0.3 is 0 Å². The van der Waals surface area contributed by atoms with Crippen LogP contribution in [0.25, 0.3) is 10.8 Å². The third kappa shape index (κ3) is 1.66. The summed E-state index contributed by atoms with van der Waals surface area (Å²) in [5, 5.41) is 3.89. The van der Waals surface area contributed by atoms with Crippen molar-refractivity contribution in [3.63, 3.8) is 0 Å². The second-order valence-corrected chi connectivity index (χ2v) is 3.47. The Hall–Kier alpha value is -1.86. The fourth-order valence-corrected chi connectivity index (χ4v) is 1.73. The number of nitrogens with two attached hydrogens (primary N) is 4. The number of fused-ring (bicyclic) bond motifs is 1. The van der Waals surface area contributed by atoms with Crippen molar-refractivity contribution < 1.29 is 0 Å². The second-order valence-electron chi connectivity index (χ2n) is 3.47. The second kappa shape index (κ2) is 3.95. The third-order valence-electron chi connectivity index (χ3n) is 2.42. The number of nitrogens with zero attached hydrogens (tertiary/aromatic N) is 2. The molecule has 0 aliphatic heterocycles. The van der Waals surface area contributed by atoms with Crippen molar-refractivity contribution in [1.82, 2.24) is 0 Å². The lowest BCUT2D eigenvalue weighted by molar-refractivity contribution is 0.918. The molecule has 0 heterocycles. The number of anilines is 2. The van der Waals surface area contributed by atoms with Crippen LogP contribution >= 0.6 is 0 Å². The molecule has 2 aromatic carbocycles. The van der Waals surface area contributed by atoms with Crippen molar-refractivity contribution in [2.75, 3.05) is 10.2 Å². The van der Waals surface area contributed by atoms with Crippen molar-refractivity contribution in [2.45, 2.75) is 0 Å². The van der Waals surface area contributed by atoms with Crippen LogP contribution in [0.4, 0.5) is 11.4 Å². The first-order valence-corrected chi connectivity index (χ1v) is 4.72. The predicted molar refractivity (Wildman–Crippen MR) is 65.7 cm³/mol. The van der Waals surface area contributed by atoms with E-state index in [1.807, 2.05) is 24.3 Å². The maximum atomic E-state index is 5.56. The van der Waals surface area contributed by atoms with E-state index in [1.165, 1.54) is 0 Å². The molecule has 0 unspecified atom stereocenters. The van der Waals surface area contributed by atoms with E-state index in [0.29, 0.717) is 11.4 Å². The molecular weight excluding hydrogens is 204 g/mol. The van der Waals surface area contributed by atoms with Gasteiger partial charge < -0.3 is 0 Å². The number of benzene rings is 2. The summed E-state index contributed by atoms with van der Waals surface area (Å²) in [6, 6.07) is 11.2. The Kier molecular flexibility index (Phi) is 2.63. The van der Waals surface area contributed by atoms with E-state index < -0.39 is 0 Å². The number of rotatable bonds is 2. The minimum Gasteiger partial charge on any atom is -0.246 e. The highest BCUT2D eigenvalue weighted by Gasteiger charge is 2.10. The quantitative estimate of drug-likeness (QED) is 0.415. The van der Waals surface area contributed by atoms with Gasteiger partial charge in [0.15, 0.2) is 0 Å². The minimum absolute atomic E-state index is 0.661. The molecule has 2 rings (SSSR count). The van der Waals surface area contributed by atoms with Gasteiger partial charge in [-0.3, -0.25) is 0 Å². The Bertz CT molecular complexity index is 465. The van der Waals surface area contributed by atoms with E-state index in [0.717, 1.165) is 21.0 Å². The summed E-state index contributed by atoms with van der Waals surface area (Å²) >= 11 is 0. The van der Waals surface area contributed by atoms with Crippen LogP contribution in [0.3, 0.4) is 0 Å². The highest BCUT2D eigenvalue weighted by molar-refractivity contribution is 6.03. The molecular formula is C10H14N6. The number of hydrogen-bond acceptors (Lipinski definition) is 6. The molecule has 0 bridgehead atoms. The SMILES string of the molecule is NN(N)c1cccc2cccc(N(N)N)c12. The summed E-state index contributed by atoms with van der Waals surface area (Å²) in [5.74, 6) is 22.2. The van der Waals surface area contributed by atoms with Crippen LogP contribution in [-0.4, -0.2) is 0 Å². The summed E-state index contributed by atoms with van der Waals surface area (Å²) < 4.78 is 0. The van der Waals surface area contributed by atoms with Crippen LogP contribution in [0.15, 0.2) is 36.4 Å². The van der Waals surface area contributed by atoms with Crippen LogP contribution in [0.5, 0.6) is 0 Å². The molecule has 0 spiro atoms. The summed E-state index contributed by atoms with van der Waals surface area (Å²) in [7, 11) is 0. The average Bonchev–Trinajstić information content (AvgIpc) is 2.27. The molecule has 6 nitrogen and oxygen atoms in total. The number of hydrogen-bond donors (Lipinski definition) is 4. The van der Waals surface area contributed by atoms with E-state index in [-0.39, 0.29) is 0 Å². The molecule has 6 heteroatoms. The van der Waals surface area contributed by atoms with Crippen LogP contribution in [-0.2, 0) is 0 Å². The monoisotopic (exact) mass is 218 g/mol. The maximum Gasteiger partial charge on any atom is 0.0797 e. The van der Waals surface area contributed by atoms with Gasteiger partial charge in [-0.15, -0.1) is 0 Å². The van der Waals surface area contributed by atoms with Gasteiger partial charge in [0.2, 0.25) is 0 Å². The molecule has 0 aliphatic carbocycles. The molecule has 0 fully saturated rings. The zero-order valence-corrected chi connectivity index (χ0v) is 8.67. The Morgan fingerprint density at radius 3 is 1.50 bits per heavy atom. The molecule has 16 heavy (non-hydrogen) atoms. The first kappa shape index (κ1) is 10.7.